The summed E-state index contributed by atoms with van der Waals surface area (Å²) in [7, 11) is 0. The Hall–Kier alpha value is -0.370. The van der Waals surface area contributed by atoms with Gasteiger partial charge in [0.2, 0.25) is 0 Å². The van der Waals surface area contributed by atoms with Crippen LogP contribution in [0.15, 0.2) is 0 Å². The van der Waals surface area contributed by atoms with Crippen molar-refractivity contribution in [3.8, 4) is 0 Å². The van der Waals surface area contributed by atoms with E-state index in [1.165, 1.54) is 45.4 Å². The molecule has 0 spiro atoms. The average molecular weight is 188 g/mol. The molecule has 0 saturated carbocycles. The maximum atomic E-state index is 9.56. The van der Waals surface area contributed by atoms with E-state index in [2.05, 4.69) is 13.8 Å². The lowest BCUT2D eigenvalue weighted by atomic mass is 10.1. The monoisotopic (exact) mass is 188 g/mol. The molecular weight excluding hydrogens is 164 g/mol. The molecule has 0 amide bonds. The molecule has 0 aromatic heterocycles. The first kappa shape index (κ1) is 15.1. The van der Waals surface area contributed by atoms with E-state index in [1.807, 2.05) is 0 Å². The highest BCUT2D eigenvalue weighted by Gasteiger charge is 1.83. The number of aliphatic hydroxyl groups excluding tert-OH is 1. The second-order valence-corrected chi connectivity index (χ2v) is 3.27. The quantitative estimate of drug-likeness (QED) is 0.651. The summed E-state index contributed by atoms with van der Waals surface area (Å²) in [5.41, 5.74) is 0. The Morgan fingerprint density at radius 2 is 1.31 bits per heavy atom. The van der Waals surface area contributed by atoms with E-state index in [-0.39, 0.29) is 12.4 Å². The molecule has 0 aromatic carbocycles. The zero-order valence-corrected chi connectivity index (χ0v) is 9.31. The van der Waals surface area contributed by atoms with E-state index in [4.69, 9.17) is 5.11 Å². The van der Waals surface area contributed by atoms with Crippen molar-refractivity contribution in [2.45, 2.75) is 59.3 Å². The standard InChI is InChI=1S/C8H18.C3H6O2/c1-3-5-7-8-6-4-2;1-3(5)2-4/h3-8H2,1-2H3;4H,2H2,1H3. The Bertz CT molecular complexity index is 94.3. The number of aliphatic hydroxyl groups is 1. The van der Waals surface area contributed by atoms with Gasteiger partial charge >= 0.3 is 0 Å². The van der Waals surface area contributed by atoms with E-state index in [1.54, 1.807) is 0 Å². The SMILES string of the molecule is CC(=O)CO.CCCCCCCC. The number of Topliss-reactive ketones (excluding diaryl/α,β-unsaturated/α-hetero) is 1. The van der Waals surface area contributed by atoms with Crippen LogP contribution < -0.4 is 0 Å². The van der Waals surface area contributed by atoms with Crippen LogP contribution in [0.1, 0.15) is 59.3 Å². The van der Waals surface area contributed by atoms with Gasteiger partial charge in [0.05, 0.1) is 0 Å². The minimum absolute atomic E-state index is 0.190. The fourth-order valence-corrected chi connectivity index (χ4v) is 0.854. The number of carbonyl (C=O) groups is 1. The van der Waals surface area contributed by atoms with Crippen LogP contribution in [0.2, 0.25) is 0 Å². The lowest BCUT2D eigenvalue weighted by Gasteiger charge is -1.93. The zero-order valence-electron chi connectivity index (χ0n) is 9.31. The Labute approximate surface area is 82.4 Å². The molecule has 0 rings (SSSR count). The molecule has 0 radical (unpaired) electrons. The fourth-order valence-electron chi connectivity index (χ4n) is 0.854. The summed E-state index contributed by atoms with van der Waals surface area (Å²) >= 11 is 0. The van der Waals surface area contributed by atoms with E-state index in [0.717, 1.165) is 0 Å². The molecule has 13 heavy (non-hydrogen) atoms. The van der Waals surface area contributed by atoms with Crippen LogP contribution >= 0.6 is 0 Å². The highest BCUT2D eigenvalue weighted by molar-refractivity contribution is 5.76. The van der Waals surface area contributed by atoms with E-state index in [0.29, 0.717) is 0 Å². The minimum atomic E-state index is -0.333. The Balaban J connectivity index is 0. The molecule has 0 aromatic rings. The smallest absolute Gasteiger partial charge is 0.155 e. The van der Waals surface area contributed by atoms with Crippen molar-refractivity contribution in [1.29, 1.82) is 0 Å². The Morgan fingerprint density at radius 3 is 1.46 bits per heavy atom. The first-order chi connectivity index (χ1) is 6.18. The van der Waals surface area contributed by atoms with Gasteiger partial charge in [0.1, 0.15) is 6.61 Å². The highest BCUT2D eigenvalue weighted by atomic mass is 16.3. The molecule has 0 aliphatic carbocycles. The van der Waals surface area contributed by atoms with Crippen LogP contribution in [-0.2, 0) is 4.79 Å². The average Bonchev–Trinajstić information content (AvgIpc) is 2.14. The van der Waals surface area contributed by atoms with Crippen LogP contribution in [0.5, 0.6) is 0 Å². The molecule has 1 N–H and O–H groups in total. The van der Waals surface area contributed by atoms with Gasteiger partial charge in [0, 0.05) is 0 Å². The first-order valence-corrected chi connectivity index (χ1v) is 5.29. The predicted molar refractivity (Wildman–Crippen MR) is 56.8 cm³/mol. The predicted octanol–water partition coefficient (Wildman–Crippen LogP) is 2.93. The largest absolute Gasteiger partial charge is 0.389 e. The van der Waals surface area contributed by atoms with Crippen LogP contribution in [0.25, 0.3) is 0 Å². The third-order valence-corrected chi connectivity index (χ3v) is 1.68. The molecule has 0 heterocycles. The molecule has 0 bridgehead atoms. The summed E-state index contributed by atoms with van der Waals surface area (Å²) in [6.45, 7) is 5.51. The summed E-state index contributed by atoms with van der Waals surface area (Å²) in [5, 5.41) is 7.79. The number of hydrogen-bond donors (Lipinski definition) is 1. The number of carbonyl (C=O) groups excluding carboxylic acids is 1. The second kappa shape index (κ2) is 14.2. The van der Waals surface area contributed by atoms with Gasteiger partial charge < -0.3 is 5.11 Å². The summed E-state index contributed by atoms with van der Waals surface area (Å²) in [6.07, 6.45) is 8.49. The number of rotatable bonds is 6. The Kier molecular flexibility index (Phi) is 16.5. The molecule has 0 fully saturated rings. The zero-order chi connectivity index (χ0) is 10.5. The topological polar surface area (TPSA) is 37.3 Å². The van der Waals surface area contributed by atoms with Crippen molar-refractivity contribution < 1.29 is 9.90 Å². The van der Waals surface area contributed by atoms with Gasteiger partial charge in [-0.05, 0) is 6.92 Å². The fraction of sp³-hybridized carbons (Fsp3) is 0.909. The van der Waals surface area contributed by atoms with E-state index < -0.39 is 0 Å². The third-order valence-electron chi connectivity index (χ3n) is 1.68. The number of unbranched alkanes of at least 4 members (excludes halogenated alkanes) is 5. The molecule has 0 unspecified atom stereocenters. The van der Waals surface area contributed by atoms with E-state index in [9.17, 15) is 4.79 Å². The van der Waals surface area contributed by atoms with Crippen molar-refractivity contribution in [1.82, 2.24) is 0 Å². The summed E-state index contributed by atoms with van der Waals surface area (Å²) in [6, 6.07) is 0. The van der Waals surface area contributed by atoms with Crippen LogP contribution in [0.3, 0.4) is 0 Å². The van der Waals surface area contributed by atoms with Crippen molar-refractivity contribution in [2.24, 2.45) is 0 Å². The maximum Gasteiger partial charge on any atom is 0.155 e. The second-order valence-electron chi connectivity index (χ2n) is 3.27. The van der Waals surface area contributed by atoms with Gasteiger partial charge in [-0.2, -0.15) is 0 Å². The lowest BCUT2D eigenvalue weighted by molar-refractivity contribution is -0.119. The molecule has 2 nitrogen and oxygen atoms in total. The van der Waals surface area contributed by atoms with Crippen molar-refractivity contribution in [3.05, 3.63) is 0 Å². The molecule has 0 atom stereocenters. The third kappa shape index (κ3) is 24.5. The summed E-state index contributed by atoms with van der Waals surface area (Å²) in [4.78, 5) is 9.56. The lowest BCUT2D eigenvalue weighted by Crippen LogP contribution is -1.93. The van der Waals surface area contributed by atoms with Crippen LogP contribution in [0.4, 0.5) is 0 Å². The maximum absolute atomic E-state index is 9.56. The van der Waals surface area contributed by atoms with Crippen LogP contribution in [-0.4, -0.2) is 17.5 Å². The van der Waals surface area contributed by atoms with Gasteiger partial charge in [-0.25, -0.2) is 0 Å². The van der Waals surface area contributed by atoms with Crippen molar-refractivity contribution >= 4 is 5.78 Å². The van der Waals surface area contributed by atoms with Gasteiger partial charge in [-0.1, -0.05) is 52.4 Å². The van der Waals surface area contributed by atoms with Gasteiger partial charge in [-0.3, -0.25) is 4.79 Å². The number of ketones is 1. The number of hydrogen-bond acceptors (Lipinski definition) is 2. The molecule has 2 heteroatoms. The summed E-state index contributed by atoms with van der Waals surface area (Å²) in [5.74, 6) is -0.190. The van der Waals surface area contributed by atoms with Crippen molar-refractivity contribution in [2.75, 3.05) is 6.61 Å². The molecule has 0 aliphatic heterocycles. The molecular formula is C11H24O2. The minimum Gasteiger partial charge on any atom is -0.389 e. The Morgan fingerprint density at radius 1 is 1.00 bits per heavy atom. The molecule has 0 saturated heterocycles. The normalized spacial score (nSPS) is 8.92. The van der Waals surface area contributed by atoms with Crippen molar-refractivity contribution in [3.63, 3.8) is 0 Å². The summed E-state index contributed by atoms with van der Waals surface area (Å²) < 4.78 is 0. The van der Waals surface area contributed by atoms with Crippen LogP contribution in [0, 0.1) is 0 Å². The van der Waals surface area contributed by atoms with Gasteiger partial charge in [0.25, 0.3) is 0 Å². The first-order valence-electron chi connectivity index (χ1n) is 5.29. The molecule has 0 aliphatic rings. The highest BCUT2D eigenvalue weighted by Crippen LogP contribution is 2.03. The molecule has 80 valence electrons. The van der Waals surface area contributed by atoms with E-state index >= 15 is 0 Å². The van der Waals surface area contributed by atoms with Gasteiger partial charge in [-0.15, -0.1) is 0 Å². The van der Waals surface area contributed by atoms with Gasteiger partial charge in [0.15, 0.2) is 5.78 Å².